The fourth-order valence-corrected chi connectivity index (χ4v) is 2.04. The van der Waals surface area contributed by atoms with Crippen LogP contribution in [-0.4, -0.2) is 24.0 Å². The lowest BCUT2D eigenvalue weighted by molar-refractivity contribution is -0.123. The number of hydrogen-bond donors (Lipinski definition) is 0. The first-order valence-electron chi connectivity index (χ1n) is 6.24. The fraction of sp³-hybridized carbons (Fsp3) is 0.357. The smallest absolute Gasteiger partial charge is 0.297 e. The summed E-state index contributed by atoms with van der Waals surface area (Å²) in [5, 5.41) is 0. The molecule has 1 unspecified atom stereocenters. The Morgan fingerprint density at radius 3 is 2.55 bits per heavy atom. The zero-order valence-corrected chi connectivity index (χ0v) is 11.1. The molecule has 1 amide bonds. The Kier molecular flexibility index (Phi) is 3.65. The first-order valence-corrected chi connectivity index (χ1v) is 6.24. The van der Waals surface area contributed by atoms with Crippen LogP contribution >= 0.6 is 0 Å². The number of fused-ring (bicyclic) bond motifs is 1. The second-order valence-electron chi connectivity index (χ2n) is 4.78. The minimum Gasteiger partial charge on any atom is -0.297 e. The molecule has 0 aliphatic carbocycles. The van der Waals surface area contributed by atoms with E-state index in [9.17, 15) is 23.2 Å². The number of Topliss-reactive ketones (excluding diaryl/α,β-unsaturated/α-hetero) is 2. The van der Waals surface area contributed by atoms with Gasteiger partial charge in [-0.25, -0.2) is 8.78 Å². The Balaban J connectivity index is 2.41. The third kappa shape index (κ3) is 2.21. The molecule has 4 nitrogen and oxygen atoms in total. The number of carbonyl (C=O) groups excluding carboxylic acids is 3. The third-order valence-corrected chi connectivity index (χ3v) is 3.46. The van der Waals surface area contributed by atoms with Gasteiger partial charge in [-0.05, 0) is 12.5 Å². The molecule has 0 saturated heterocycles. The molecule has 20 heavy (non-hydrogen) atoms. The van der Waals surface area contributed by atoms with E-state index in [0.29, 0.717) is 12.5 Å². The van der Waals surface area contributed by atoms with E-state index >= 15 is 0 Å². The predicted octanol–water partition coefficient (Wildman–Crippen LogP) is 2.11. The summed E-state index contributed by atoms with van der Waals surface area (Å²) in [6.07, 6.45) is 0.577. The first kappa shape index (κ1) is 14.3. The predicted molar refractivity (Wildman–Crippen MR) is 67.5 cm³/mol. The van der Waals surface area contributed by atoms with Gasteiger partial charge in [0.25, 0.3) is 11.7 Å². The highest BCUT2D eigenvalue weighted by atomic mass is 19.1. The van der Waals surface area contributed by atoms with Crippen molar-refractivity contribution in [2.45, 2.75) is 20.3 Å². The van der Waals surface area contributed by atoms with Crippen molar-refractivity contribution in [1.82, 2.24) is 0 Å². The molecule has 1 heterocycles. The third-order valence-electron chi connectivity index (χ3n) is 3.46. The summed E-state index contributed by atoms with van der Waals surface area (Å²) < 4.78 is 26.9. The van der Waals surface area contributed by atoms with Crippen LogP contribution in [0.2, 0.25) is 0 Å². The number of ketones is 2. The van der Waals surface area contributed by atoms with Gasteiger partial charge in [0.15, 0.2) is 11.6 Å². The molecule has 0 radical (unpaired) electrons. The van der Waals surface area contributed by atoms with E-state index in [2.05, 4.69) is 0 Å². The van der Waals surface area contributed by atoms with Crippen molar-refractivity contribution in [2.75, 3.05) is 11.4 Å². The number of hydrogen-bond acceptors (Lipinski definition) is 3. The van der Waals surface area contributed by atoms with Gasteiger partial charge in [0.2, 0.25) is 0 Å². The summed E-state index contributed by atoms with van der Waals surface area (Å²) >= 11 is 0. The highest BCUT2D eigenvalue weighted by molar-refractivity contribution is 6.52. The summed E-state index contributed by atoms with van der Waals surface area (Å²) in [5.74, 6) is -4.51. The van der Waals surface area contributed by atoms with E-state index in [-0.39, 0.29) is 29.5 Å². The number of anilines is 1. The van der Waals surface area contributed by atoms with Crippen LogP contribution in [0.25, 0.3) is 0 Å². The van der Waals surface area contributed by atoms with Gasteiger partial charge >= 0.3 is 0 Å². The van der Waals surface area contributed by atoms with E-state index in [1.165, 1.54) is 0 Å². The van der Waals surface area contributed by atoms with Gasteiger partial charge in [-0.3, -0.25) is 19.3 Å². The van der Waals surface area contributed by atoms with Gasteiger partial charge in [0.05, 0.1) is 17.8 Å². The maximum atomic E-state index is 13.8. The topological polar surface area (TPSA) is 54.5 Å². The molecule has 1 aromatic rings. The van der Waals surface area contributed by atoms with Crippen molar-refractivity contribution >= 4 is 23.2 Å². The van der Waals surface area contributed by atoms with E-state index in [0.717, 1.165) is 11.0 Å². The lowest BCUT2D eigenvalue weighted by Gasteiger charge is -2.18. The Morgan fingerprint density at radius 2 is 1.95 bits per heavy atom. The Morgan fingerprint density at radius 1 is 1.30 bits per heavy atom. The summed E-state index contributed by atoms with van der Waals surface area (Å²) in [5.41, 5.74) is -0.637. The second-order valence-corrected chi connectivity index (χ2v) is 4.78. The molecule has 1 atom stereocenters. The van der Waals surface area contributed by atoms with E-state index in [1.54, 1.807) is 6.92 Å². The SMILES string of the molecule is CCC(C)C(=O)CN1C(=O)C(=O)c2cc(F)cc(F)c21. The molecule has 106 valence electrons. The Labute approximate surface area is 114 Å². The number of amides is 1. The lowest BCUT2D eigenvalue weighted by Crippen LogP contribution is -2.36. The van der Waals surface area contributed by atoms with E-state index < -0.39 is 23.3 Å². The number of nitrogens with zero attached hydrogens (tertiary/aromatic N) is 1. The minimum atomic E-state index is -1.02. The maximum absolute atomic E-state index is 13.8. The van der Waals surface area contributed by atoms with Crippen LogP contribution < -0.4 is 4.90 Å². The molecule has 0 aromatic heterocycles. The molecule has 1 aliphatic heterocycles. The molecule has 6 heteroatoms. The van der Waals surface area contributed by atoms with Gasteiger partial charge in [-0.15, -0.1) is 0 Å². The second kappa shape index (κ2) is 5.11. The van der Waals surface area contributed by atoms with Gasteiger partial charge < -0.3 is 0 Å². The largest absolute Gasteiger partial charge is 0.299 e. The Bertz CT molecular complexity index is 613. The van der Waals surface area contributed by atoms with Crippen molar-refractivity contribution < 1.29 is 23.2 Å². The van der Waals surface area contributed by atoms with Crippen LogP contribution in [0.1, 0.15) is 30.6 Å². The van der Waals surface area contributed by atoms with Crippen molar-refractivity contribution in [1.29, 1.82) is 0 Å². The molecular formula is C14H13F2NO3. The highest BCUT2D eigenvalue weighted by Gasteiger charge is 2.39. The van der Waals surface area contributed by atoms with Crippen LogP contribution in [0.5, 0.6) is 0 Å². The van der Waals surface area contributed by atoms with Crippen molar-refractivity contribution in [3.05, 3.63) is 29.3 Å². The molecule has 0 bridgehead atoms. The summed E-state index contributed by atoms with van der Waals surface area (Å²) in [7, 11) is 0. The number of halogens is 2. The normalized spacial score (nSPS) is 15.5. The number of carbonyl (C=O) groups is 3. The minimum absolute atomic E-state index is 0.273. The summed E-state index contributed by atoms with van der Waals surface area (Å²) in [4.78, 5) is 36.2. The van der Waals surface area contributed by atoms with Crippen LogP contribution in [0.3, 0.4) is 0 Å². The molecule has 0 fully saturated rings. The average molecular weight is 281 g/mol. The number of rotatable bonds is 4. The molecule has 0 N–H and O–H groups in total. The van der Waals surface area contributed by atoms with Gasteiger partial charge in [-0.2, -0.15) is 0 Å². The van der Waals surface area contributed by atoms with Crippen LogP contribution in [-0.2, 0) is 9.59 Å². The Hall–Kier alpha value is -2.11. The quantitative estimate of drug-likeness (QED) is 0.794. The maximum Gasteiger partial charge on any atom is 0.299 e. The highest BCUT2D eigenvalue weighted by Crippen LogP contribution is 2.32. The lowest BCUT2D eigenvalue weighted by atomic mass is 10.0. The zero-order valence-electron chi connectivity index (χ0n) is 11.1. The van der Waals surface area contributed by atoms with Crippen molar-refractivity contribution in [2.24, 2.45) is 5.92 Å². The van der Waals surface area contributed by atoms with Crippen LogP contribution in [0, 0.1) is 17.6 Å². The van der Waals surface area contributed by atoms with Gasteiger partial charge in [-0.1, -0.05) is 13.8 Å². The number of benzene rings is 1. The summed E-state index contributed by atoms with van der Waals surface area (Å²) in [6, 6.07) is 1.40. The monoisotopic (exact) mass is 281 g/mol. The van der Waals surface area contributed by atoms with Crippen molar-refractivity contribution in [3.63, 3.8) is 0 Å². The molecular weight excluding hydrogens is 268 g/mol. The van der Waals surface area contributed by atoms with Crippen molar-refractivity contribution in [3.8, 4) is 0 Å². The fourth-order valence-electron chi connectivity index (χ4n) is 2.04. The van der Waals surface area contributed by atoms with Crippen LogP contribution in [0.15, 0.2) is 12.1 Å². The van der Waals surface area contributed by atoms with Crippen LogP contribution in [0.4, 0.5) is 14.5 Å². The molecule has 0 spiro atoms. The zero-order chi connectivity index (χ0) is 15.0. The summed E-state index contributed by atoms with van der Waals surface area (Å²) in [6.45, 7) is 3.12. The average Bonchev–Trinajstić information content (AvgIpc) is 2.63. The molecule has 2 rings (SSSR count). The molecule has 1 aliphatic rings. The van der Waals surface area contributed by atoms with Gasteiger partial charge in [0, 0.05) is 12.0 Å². The van der Waals surface area contributed by atoms with Gasteiger partial charge in [0.1, 0.15) is 5.82 Å². The van der Waals surface area contributed by atoms with E-state index in [1.807, 2.05) is 6.92 Å². The molecule has 1 aromatic carbocycles. The standard InChI is InChI=1S/C14H13F2NO3/c1-3-7(2)11(18)6-17-12-9(13(19)14(17)20)4-8(15)5-10(12)16/h4-5,7H,3,6H2,1-2H3. The molecule has 0 saturated carbocycles. The first-order chi connectivity index (χ1) is 9.36. The van der Waals surface area contributed by atoms with E-state index in [4.69, 9.17) is 0 Å².